The van der Waals surface area contributed by atoms with E-state index in [1.165, 1.54) is 12.1 Å². The van der Waals surface area contributed by atoms with Crippen LogP contribution in [-0.2, 0) is 6.54 Å². The maximum atomic E-state index is 13.2. The topological polar surface area (TPSA) is 114 Å². The molecule has 0 spiro atoms. The number of nitriles is 1. The fraction of sp³-hybridized carbons (Fsp3) is 0.0769. The minimum Gasteiger partial charge on any atom is -0.460 e. The molecule has 5 aromatic rings. The Hall–Kier alpha value is -4.77. The predicted octanol–water partition coefficient (Wildman–Crippen LogP) is 5.47. The molecule has 8 heteroatoms. The largest absolute Gasteiger partial charge is 0.460 e. The summed E-state index contributed by atoms with van der Waals surface area (Å²) in [5.74, 6) is 1.00. The van der Waals surface area contributed by atoms with Gasteiger partial charge in [0.05, 0.1) is 5.52 Å². The van der Waals surface area contributed by atoms with Crippen molar-refractivity contribution in [2.45, 2.75) is 13.5 Å². The number of pyridine rings is 1. The predicted molar refractivity (Wildman–Crippen MR) is 128 cm³/mol. The molecule has 0 saturated carbocycles. The number of nitrogens with two attached hydrogens (primary N) is 1. The Morgan fingerprint density at radius 3 is 2.59 bits per heavy atom. The molecule has 5 rings (SSSR count). The number of anilines is 2. The maximum absolute atomic E-state index is 13.2. The van der Waals surface area contributed by atoms with Crippen molar-refractivity contribution in [3.63, 3.8) is 0 Å². The first-order valence-electron chi connectivity index (χ1n) is 10.5. The van der Waals surface area contributed by atoms with Crippen LogP contribution in [0.3, 0.4) is 0 Å². The fourth-order valence-corrected chi connectivity index (χ4v) is 3.71. The highest BCUT2D eigenvalue weighted by Gasteiger charge is 2.18. The van der Waals surface area contributed by atoms with Crippen LogP contribution in [0.2, 0.25) is 0 Å². The zero-order valence-electron chi connectivity index (χ0n) is 18.2. The van der Waals surface area contributed by atoms with Gasteiger partial charge in [-0.15, -0.1) is 0 Å². The molecule has 0 aliphatic heterocycles. The minimum absolute atomic E-state index is 0.0411. The number of halogens is 1. The third-order valence-electron chi connectivity index (χ3n) is 5.41. The second kappa shape index (κ2) is 8.64. The van der Waals surface area contributed by atoms with E-state index < -0.39 is 0 Å². The quantitative estimate of drug-likeness (QED) is 0.365. The SMILES string of the molecule is Cc1ccc(-c2nc(N)c(C#N)nc2-c2ccc3nccc(NCc4ccc(F)cc4)c3c2)o1. The summed E-state index contributed by atoms with van der Waals surface area (Å²) in [6.07, 6.45) is 1.73. The Labute approximate surface area is 194 Å². The summed E-state index contributed by atoms with van der Waals surface area (Å²) in [5, 5.41) is 13.7. The normalized spacial score (nSPS) is 10.9. The smallest absolute Gasteiger partial charge is 0.183 e. The number of hydrogen-bond donors (Lipinski definition) is 2. The van der Waals surface area contributed by atoms with E-state index in [9.17, 15) is 9.65 Å². The Bertz CT molecular complexity index is 1550. The van der Waals surface area contributed by atoms with Crippen LogP contribution >= 0.6 is 0 Å². The summed E-state index contributed by atoms with van der Waals surface area (Å²) in [4.78, 5) is 13.4. The zero-order chi connectivity index (χ0) is 23.7. The molecular weight excluding hydrogens is 431 g/mol. The van der Waals surface area contributed by atoms with E-state index in [-0.39, 0.29) is 17.3 Å². The molecule has 0 aliphatic rings. The van der Waals surface area contributed by atoms with Crippen LogP contribution in [0.25, 0.3) is 33.6 Å². The molecule has 34 heavy (non-hydrogen) atoms. The van der Waals surface area contributed by atoms with Gasteiger partial charge in [0.2, 0.25) is 0 Å². The van der Waals surface area contributed by atoms with Crippen LogP contribution in [0.4, 0.5) is 15.9 Å². The van der Waals surface area contributed by atoms with Crippen molar-refractivity contribution in [1.82, 2.24) is 15.0 Å². The monoisotopic (exact) mass is 450 g/mol. The van der Waals surface area contributed by atoms with Gasteiger partial charge in [-0.1, -0.05) is 18.2 Å². The van der Waals surface area contributed by atoms with Crippen molar-refractivity contribution >= 4 is 22.4 Å². The number of furan rings is 1. The summed E-state index contributed by atoms with van der Waals surface area (Å²) in [6.45, 7) is 2.35. The molecule has 0 amide bonds. The summed E-state index contributed by atoms with van der Waals surface area (Å²) in [5.41, 5.74) is 10.3. The van der Waals surface area contributed by atoms with Crippen molar-refractivity contribution in [2.24, 2.45) is 0 Å². The number of rotatable bonds is 5. The summed E-state index contributed by atoms with van der Waals surface area (Å²) in [6, 6.07) is 19.6. The van der Waals surface area contributed by atoms with Gasteiger partial charge < -0.3 is 15.5 Å². The molecule has 2 aromatic carbocycles. The van der Waals surface area contributed by atoms with E-state index in [4.69, 9.17) is 10.2 Å². The van der Waals surface area contributed by atoms with Gasteiger partial charge >= 0.3 is 0 Å². The van der Waals surface area contributed by atoms with Crippen molar-refractivity contribution in [3.8, 4) is 28.8 Å². The van der Waals surface area contributed by atoms with Gasteiger partial charge in [0.1, 0.15) is 29.0 Å². The van der Waals surface area contributed by atoms with Gasteiger partial charge in [0.25, 0.3) is 0 Å². The van der Waals surface area contributed by atoms with Gasteiger partial charge in [-0.3, -0.25) is 4.98 Å². The van der Waals surface area contributed by atoms with E-state index in [2.05, 4.69) is 20.3 Å². The standard InChI is InChI=1S/C26H19FN6O/c1-15-2-9-23(34-15)25-24(32-22(13-28)26(29)33-25)17-5-8-20-19(12-17)21(10-11-30-20)31-14-16-3-6-18(27)7-4-16/h2-12H,14H2,1H3,(H2,29,33)(H,30,31). The molecule has 166 valence electrons. The molecule has 3 N–H and O–H groups in total. The number of aromatic nitrogens is 3. The third kappa shape index (κ3) is 4.02. The zero-order valence-corrected chi connectivity index (χ0v) is 18.2. The molecule has 0 atom stereocenters. The summed E-state index contributed by atoms with van der Waals surface area (Å²) < 4.78 is 19.0. The van der Waals surface area contributed by atoms with Crippen molar-refractivity contribution < 1.29 is 8.81 Å². The van der Waals surface area contributed by atoms with Crippen molar-refractivity contribution in [1.29, 1.82) is 5.26 Å². The molecule has 0 fully saturated rings. The first kappa shape index (κ1) is 21.1. The summed E-state index contributed by atoms with van der Waals surface area (Å²) >= 11 is 0. The molecule has 7 nitrogen and oxygen atoms in total. The van der Waals surface area contributed by atoms with Gasteiger partial charge in [0, 0.05) is 29.4 Å². The third-order valence-corrected chi connectivity index (χ3v) is 5.41. The van der Waals surface area contributed by atoms with Crippen LogP contribution in [0.1, 0.15) is 17.0 Å². The molecule has 0 saturated heterocycles. The Kier molecular flexibility index (Phi) is 5.36. The number of nitrogens with one attached hydrogen (secondary N) is 1. The van der Waals surface area contributed by atoms with Gasteiger partial charge in [-0.2, -0.15) is 5.26 Å². The lowest BCUT2D eigenvalue weighted by Crippen LogP contribution is -2.03. The average molecular weight is 450 g/mol. The van der Waals surface area contributed by atoms with Gasteiger partial charge in [0.15, 0.2) is 17.3 Å². The highest BCUT2D eigenvalue weighted by molar-refractivity contribution is 5.95. The molecule has 0 unspecified atom stereocenters. The number of nitrogen functional groups attached to an aromatic ring is 1. The molecule has 3 heterocycles. The number of nitrogens with zero attached hydrogens (tertiary/aromatic N) is 4. The van der Waals surface area contributed by atoms with Crippen LogP contribution in [0.5, 0.6) is 0 Å². The fourth-order valence-electron chi connectivity index (χ4n) is 3.71. The maximum Gasteiger partial charge on any atom is 0.183 e. The first-order chi connectivity index (χ1) is 16.5. The number of fused-ring (bicyclic) bond motifs is 1. The molecule has 0 bridgehead atoms. The van der Waals surface area contributed by atoms with E-state index >= 15 is 0 Å². The highest BCUT2D eigenvalue weighted by Crippen LogP contribution is 2.34. The van der Waals surface area contributed by atoms with E-state index in [0.29, 0.717) is 23.7 Å². The molecule has 0 aliphatic carbocycles. The Morgan fingerprint density at radius 2 is 1.85 bits per heavy atom. The van der Waals surface area contributed by atoms with Crippen molar-refractivity contribution in [3.05, 3.63) is 89.7 Å². The lowest BCUT2D eigenvalue weighted by molar-refractivity contribution is 0.546. The van der Waals surface area contributed by atoms with E-state index in [0.717, 1.165) is 33.5 Å². The molecule has 0 radical (unpaired) electrons. The molecule has 3 aromatic heterocycles. The number of aryl methyl sites for hydroxylation is 1. The summed E-state index contributed by atoms with van der Waals surface area (Å²) in [7, 11) is 0. The number of hydrogen-bond acceptors (Lipinski definition) is 7. The van der Waals surface area contributed by atoms with E-state index in [1.807, 2.05) is 43.3 Å². The second-order valence-electron chi connectivity index (χ2n) is 7.75. The first-order valence-corrected chi connectivity index (χ1v) is 10.5. The molecular formula is C26H19FN6O. The number of benzene rings is 2. The van der Waals surface area contributed by atoms with Crippen LogP contribution in [-0.4, -0.2) is 15.0 Å². The van der Waals surface area contributed by atoms with Crippen LogP contribution in [0, 0.1) is 24.1 Å². The highest BCUT2D eigenvalue weighted by atomic mass is 19.1. The average Bonchev–Trinajstić information content (AvgIpc) is 3.29. The van der Waals surface area contributed by atoms with Crippen molar-refractivity contribution in [2.75, 3.05) is 11.1 Å². The van der Waals surface area contributed by atoms with Gasteiger partial charge in [-0.25, -0.2) is 14.4 Å². The Morgan fingerprint density at radius 1 is 1.03 bits per heavy atom. The van der Waals surface area contributed by atoms with Gasteiger partial charge in [-0.05, 0) is 55.0 Å². The van der Waals surface area contributed by atoms with Crippen LogP contribution < -0.4 is 11.1 Å². The lowest BCUT2D eigenvalue weighted by atomic mass is 10.0. The second-order valence-corrected chi connectivity index (χ2v) is 7.75. The minimum atomic E-state index is -0.272. The Balaban J connectivity index is 1.60. The lowest BCUT2D eigenvalue weighted by Gasteiger charge is -2.12. The van der Waals surface area contributed by atoms with Crippen LogP contribution in [0.15, 0.2) is 71.3 Å². The van der Waals surface area contributed by atoms with E-state index in [1.54, 1.807) is 24.4 Å².